The number of halogens is 2. The number of nitrogens with zero attached hydrogens (tertiary/aromatic N) is 4. The van der Waals surface area contributed by atoms with E-state index in [1.165, 1.54) is 35.5 Å². The van der Waals surface area contributed by atoms with Crippen LogP contribution < -0.4 is 5.32 Å². The number of hydrogen-bond donors (Lipinski definition) is 2. The van der Waals surface area contributed by atoms with Crippen LogP contribution >= 0.6 is 11.6 Å². The number of anilines is 1. The molecule has 1 aromatic heterocycles. The maximum atomic E-state index is 14.7. The monoisotopic (exact) mass is 613 g/mol. The fraction of sp³-hybridized carbons (Fsp3) is 0.188. The first-order valence-electron chi connectivity index (χ1n) is 13.7. The molecule has 0 spiro atoms. The van der Waals surface area contributed by atoms with E-state index in [2.05, 4.69) is 20.4 Å². The second-order valence-corrected chi connectivity index (χ2v) is 10.9. The van der Waals surface area contributed by atoms with Crippen LogP contribution in [-0.2, 0) is 20.8 Å². The Morgan fingerprint density at radius 1 is 1.07 bits per heavy atom. The second kappa shape index (κ2) is 11.8. The van der Waals surface area contributed by atoms with Crippen molar-refractivity contribution in [1.82, 2.24) is 14.9 Å². The molecule has 0 unspecified atom stereocenters. The van der Waals surface area contributed by atoms with Gasteiger partial charge in [0, 0.05) is 42.2 Å². The third-order valence-corrected chi connectivity index (χ3v) is 8.05. The molecule has 44 heavy (non-hydrogen) atoms. The van der Waals surface area contributed by atoms with Crippen LogP contribution in [0.4, 0.5) is 10.1 Å². The molecule has 2 amide bonds. The van der Waals surface area contributed by atoms with Gasteiger partial charge in [0.1, 0.15) is 12.4 Å². The number of benzene rings is 3. The molecule has 0 aliphatic carbocycles. The highest BCUT2D eigenvalue weighted by molar-refractivity contribution is 6.31. The third-order valence-electron chi connectivity index (χ3n) is 7.76. The standard InChI is InChI=1S/C32H25ClFN5O5/c1-17-12-19(8-9-20(17)32(42)43)37-30(40)29-23-5-2-4-21(18-14-35-16-36-15-18)22(23)10-11-39(29)31(41)27-13-26(38-44-27)24-6-3-7-25(33)28(24)34/h2-9,12,14-16,27,29H,10-11,13H2,1H3,(H,37,40)(H,42,43)/t27-,29+/m1/s1. The molecular weight excluding hydrogens is 589 g/mol. The SMILES string of the molecule is Cc1cc(NC(=O)[C@@H]2c3cccc(-c4cncnc4)c3CCN2C(=O)[C@H]2CC(c3cccc(Cl)c3F)=NO2)ccc1C(=O)O. The van der Waals surface area contributed by atoms with Crippen molar-refractivity contribution in [2.24, 2.45) is 5.16 Å². The van der Waals surface area contributed by atoms with Gasteiger partial charge >= 0.3 is 5.97 Å². The van der Waals surface area contributed by atoms with E-state index in [1.807, 2.05) is 6.07 Å². The maximum absolute atomic E-state index is 14.7. The lowest BCUT2D eigenvalue weighted by molar-refractivity contribution is -0.148. The number of amides is 2. The highest BCUT2D eigenvalue weighted by Gasteiger charge is 2.42. The highest BCUT2D eigenvalue weighted by atomic mass is 35.5. The Bertz CT molecular complexity index is 1830. The average molecular weight is 614 g/mol. The van der Waals surface area contributed by atoms with Gasteiger partial charge in [0.25, 0.3) is 11.8 Å². The van der Waals surface area contributed by atoms with E-state index in [1.54, 1.807) is 43.6 Å². The van der Waals surface area contributed by atoms with E-state index in [0.29, 0.717) is 23.2 Å². The summed E-state index contributed by atoms with van der Waals surface area (Å²) in [6.45, 7) is 1.82. The molecule has 0 saturated carbocycles. The van der Waals surface area contributed by atoms with E-state index < -0.39 is 35.7 Å². The van der Waals surface area contributed by atoms with Gasteiger partial charge in [-0.1, -0.05) is 41.0 Å². The molecular formula is C32H25ClFN5O5. The summed E-state index contributed by atoms with van der Waals surface area (Å²) < 4.78 is 14.7. The van der Waals surface area contributed by atoms with Crippen molar-refractivity contribution in [2.45, 2.75) is 31.9 Å². The molecule has 0 radical (unpaired) electrons. The van der Waals surface area contributed by atoms with Gasteiger partial charge in [0.15, 0.2) is 5.82 Å². The lowest BCUT2D eigenvalue weighted by Crippen LogP contribution is -2.49. The number of hydrogen-bond acceptors (Lipinski definition) is 7. The summed E-state index contributed by atoms with van der Waals surface area (Å²) in [4.78, 5) is 54.7. The number of nitrogens with one attached hydrogen (secondary N) is 1. The van der Waals surface area contributed by atoms with Gasteiger partial charge in [-0.25, -0.2) is 19.2 Å². The molecule has 222 valence electrons. The molecule has 0 bridgehead atoms. The Morgan fingerprint density at radius 3 is 2.57 bits per heavy atom. The number of carbonyl (C=O) groups is 3. The van der Waals surface area contributed by atoms with E-state index in [4.69, 9.17) is 16.4 Å². The Labute approximate surface area is 256 Å². The van der Waals surface area contributed by atoms with Crippen molar-refractivity contribution >= 4 is 40.8 Å². The first kappa shape index (κ1) is 28.9. The highest BCUT2D eigenvalue weighted by Crippen LogP contribution is 2.38. The third kappa shape index (κ3) is 5.37. The van der Waals surface area contributed by atoms with Crippen molar-refractivity contribution in [1.29, 1.82) is 0 Å². The van der Waals surface area contributed by atoms with Crippen LogP contribution in [0, 0.1) is 12.7 Å². The summed E-state index contributed by atoms with van der Waals surface area (Å²) >= 11 is 5.94. The van der Waals surface area contributed by atoms with Gasteiger partial charge in [0.05, 0.1) is 16.3 Å². The predicted octanol–water partition coefficient (Wildman–Crippen LogP) is 5.20. The average Bonchev–Trinajstić information content (AvgIpc) is 3.51. The minimum absolute atomic E-state index is 0.00890. The fourth-order valence-electron chi connectivity index (χ4n) is 5.67. The van der Waals surface area contributed by atoms with Crippen molar-refractivity contribution < 1.29 is 28.7 Å². The van der Waals surface area contributed by atoms with Crippen LogP contribution in [0.25, 0.3) is 11.1 Å². The normalized spacial score (nSPS) is 17.3. The number of carboxylic acid groups (broad SMARTS) is 1. The van der Waals surface area contributed by atoms with Crippen LogP contribution in [0.2, 0.25) is 5.02 Å². The van der Waals surface area contributed by atoms with Crippen molar-refractivity contribution in [3.8, 4) is 11.1 Å². The predicted molar refractivity (Wildman–Crippen MR) is 160 cm³/mol. The zero-order valence-electron chi connectivity index (χ0n) is 23.3. The molecule has 2 N–H and O–H groups in total. The van der Waals surface area contributed by atoms with E-state index in [-0.39, 0.29) is 34.8 Å². The van der Waals surface area contributed by atoms with Crippen molar-refractivity contribution in [2.75, 3.05) is 11.9 Å². The summed E-state index contributed by atoms with van der Waals surface area (Å²) in [7, 11) is 0. The lowest BCUT2D eigenvalue weighted by Gasteiger charge is -2.38. The Kier molecular flexibility index (Phi) is 7.79. The van der Waals surface area contributed by atoms with Gasteiger partial charge in [0.2, 0.25) is 6.10 Å². The van der Waals surface area contributed by atoms with Gasteiger partial charge in [-0.3, -0.25) is 9.59 Å². The van der Waals surface area contributed by atoms with E-state index in [9.17, 15) is 23.9 Å². The van der Waals surface area contributed by atoms with Gasteiger partial charge in [-0.2, -0.15) is 0 Å². The molecule has 4 aromatic rings. The molecule has 12 heteroatoms. The van der Waals surface area contributed by atoms with Crippen molar-refractivity contribution in [3.63, 3.8) is 0 Å². The smallest absolute Gasteiger partial charge is 0.335 e. The van der Waals surface area contributed by atoms with Gasteiger partial charge in [-0.05, 0) is 65.9 Å². The van der Waals surface area contributed by atoms with Crippen LogP contribution in [0.1, 0.15) is 45.1 Å². The first-order valence-corrected chi connectivity index (χ1v) is 14.1. The summed E-state index contributed by atoms with van der Waals surface area (Å²) in [6.07, 6.45) is 4.14. The van der Waals surface area contributed by atoms with Crippen molar-refractivity contribution in [3.05, 3.63) is 112 Å². The molecule has 6 rings (SSSR count). The lowest BCUT2D eigenvalue weighted by atomic mass is 9.86. The Balaban J connectivity index is 1.34. The largest absolute Gasteiger partial charge is 0.478 e. The molecule has 10 nitrogen and oxygen atoms in total. The molecule has 3 aromatic carbocycles. The van der Waals surface area contributed by atoms with Gasteiger partial charge < -0.3 is 20.2 Å². The van der Waals surface area contributed by atoms with Crippen LogP contribution in [0.3, 0.4) is 0 Å². The number of carboxylic acids is 1. The molecule has 2 aliphatic heterocycles. The topological polar surface area (TPSA) is 134 Å². The molecule has 3 heterocycles. The zero-order valence-corrected chi connectivity index (χ0v) is 24.1. The summed E-state index contributed by atoms with van der Waals surface area (Å²) in [5, 5.41) is 16.2. The van der Waals surface area contributed by atoms with E-state index >= 15 is 0 Å². The second-order valence-electron chi connectivity index (χ2n) is 10.4. The molecule has 0 saturated heterocycles. The summed E-state index contributed by atoms with van der Waals surface area (Å²) in [6, 6.07) is 13.4. The number of aromatic nitrogens is 2. The summed E-state index contributed by atoms with van der Waals surface area (Å²) in [5.74, 6) is -2.71. The first-order chi connectivity index (χ1) is 21.2. The number of aryl methyl sites for hydroxylation is 1. The molecule has 2 aliphatic rings. The quantitative estimate of drug-likeness (QED) is 0.305. The molecule has 0 fully saturated rings. The van der Waals surface area contributed by atoms with Gasteiger partial charge in [-0.15, -0.1) is 0 Å². The number of carbonyl (C=O) groups excluding carboxylic acids is 2. The zero-order chi connectivity index (χ0) is 31.0. The van der Waals surface area contributed by atoms with Crippen LogP contribution in [0.5, 0.6) is 0 Å². The minimum atomic E-state index is -1.08. The number of oxime groups is 1. The summed E-state index contributed by atoms with van der Waals surface area (Å²) in [5.41, 5.74) is 4.43. The number of fused-ring (bicyclic) bond motifs is 1. The Hall–Kier alpha value is -5.16. The number of aromatic carboxylic acids is 1. The van der Waals surface area contributed by atoms with E-state index in [0.717, 1.165) is 16.7 Å². The molecule has 2 atom stereocenters. The Morgan fingerprint density at radius 2 is 1.82 bits per heavy atom. The maximum Gasteiger partial charge on any atom is 0.335 e. The van der Waals surface area contributed by atoms with Crippen LogP contribution in [-0.4, -0.2) is 56.1 Å². The van der Waals surface area contributed by atoms with Crippen LogP contribution in [0.15, 0.2) is 78.5 Å². The minimum Gasteiger partial charge on any atom is -0.478 e. The fourth-order valence-corrected chi connectivity index (χ4v) is 5.85. The number of rotatable bonds is 6.